The Labute approximate surface area is 212 Å². The molecular formula is C28H36N2O6. The average molecular weight is 497 g/mol. The Kier molecular flexibility index (Phi) is 8.09. The van der Waals surface area contributed by atoms with Crippen molar-refractivity contribution in [1.29, 1.82) is 0 Å². The summed E-state index contributed by atoms with van der Waals surface area (Å²) in [6, 6.07) is 18.0. The van der Waals surface area contributed by atoms with Gasteiger partial charge in [-0.25, -0.2) is 14.5 Å². The van der Waals surface area contributed by atoms with Gasteiger partial charge in [-0.2, -0.15) is 0 Å². The number of carbonyl (C=O) groups excluding carboxylic acids is 3. The number of aliphatic hydroxyl groups excluding tert-OH is 1. The monoisotopic (exact) mass is 496 g/mol. The summed E-state index contributed by atoms with van der Waals surface area (Å²) in [7, 11) is 0. The normalized spacial score (nSPS) is 18.9. The fourth-order valence-electron chi connectivity index (χ4n) is 4.69. The number of carbonyl (C=O) groups is 3. The molecule has 0 aliphatic carbocycles. The third-order valence-electron chi connectivity index (χ3n) is 6.18. The summed E-state index contributed by atoms with van der Waals surface area (Å²) in [5, 5.41) is 13.0. The minimum Gasteiger partial charge on any atom is -0.444 e. The highest BCUT2D eigenvalue weighted by Gasteiger charge is 2.60. The predicted molar refractivity (Wildman–Crippen MR) is 135 cm³/mol. The van der Waals surface area contributed by atoms with Crippen molar-refractivity contribution in [3.05, 3.63) is 71.8 Å². The van der Waals surface area contributed by atoms with Crippen LogP contribution in [0.15, 0.2) is 60.7 Å². The maximum atomic E-state index is 13.8. The molecule has 3 atom stereocenters. The number of amides is 3. The number of hydrogen-bond donors (Lipinski definition) is 2. The molecule has 2 aromatic rings. The second-order valence-corrected chi connectivity index (χ2v) is 10.5. The van der Waals surface area contributed by atoms with Gasteiger partial charge < -0.3 is 19.9 Å². The van der Waals surface area contributed by atoms with E-state index in [2.05, 4.69) is 5.32 Å². The molecule has 36 heavy (non-hydrogen) atoms. The maximum Gasteiger partial charge on any atom is 0.418 e. The summed E-state index contributed by atoms with van der Waals surface area (Å²) in [5.74, 6) is -1.92. The second kappa shape index (κ2) is 10.7. The SMILES string of the molecule is CC(C)[C@H]1N(C(=O)[C@H](CNC(=O)OC(C)(C)C)[C@H](C)O)C(=O)OC1(c1ccccc1)c1ccccc1. The molecule has 8 nitrogen and oxygen atoms in total. The van der Waals surface area contributed by atoms with Crippen molar-refractivity contribution in [1.82, 2.24) is 10.2 Å². The molecule has 2 N–H and O–H groups in total. The van der Waals surface area contributed by atoms with E-state index in [4.69, 9.17) is 9.47 Å². The highest BCUT2D eigenvalue weighted by Crippen LogP contribution is 2.47. The zero-order valence-corrected chi connectivity index (χ0v) is 21.7. The van der Waals surface area contributed by atoms with Crippen LogP contribution in [-0.2, 0) is 19.9 Å². The van der Waals surface area contributed by atoms with E-state index in [1.807, 2.05) is 74.5 Å². The van der Waals surface area contributed by atoms with Crippen LogP contribution in [-0.4, -0.2) is 52.4 Å². The number of alkyl carbamates (subject to hydrolysis) is 1. The molecule has 3 rings (SSSR count). The topological polar surface area (TPSA) is 105 Å². The third kappa shape index (κ3) is 5.54. The van der Waals surface area contributed by atoms with Crippen LogP contribution in [0.5, 0.6) is 0 Å². The molecule has 1 aliphatic heterocycles. The molecular weight excluding hydrogens is 460 g/mol. The van der Waals surface area contributed by atoms with Crippen LogP contribution in [0, 0.1) is 11.8 Å². The molecule has 3 amide bonds. The van der Waals surface area contributed by atoms with Gasteiger partial charge in [0, 0.05) is 17.7 Å². The molecule has 0 unspecified atom stereocenters. The standard InChI is InChI=1S/C28H36N2O6/c1-18(2)23-28(20-13-9-7-10-14-20,21-15-11-8-12-16-21)36-26(34)30(23)24(32)22(19(3)31)17-29-25(33)35-27(4,5)6/h7-16,18-19,22-23,31H,17H2,1-6H3,(H,29,33)/t19-,22+,23+/m0/s1. The Balaban J connectivity index is 2.02. The Bertz CT molecular complexity index is 1020. The molecule has 0 saturated carbocycles. The molecule has 8 heteroatoms. The first kappa shape index (κ1) is 27.2. The number of hydrogen-bond acceptors (Lipinski definition) is 6. The van der Waals surface area contributed by atoms with E-state index in [1.165, 1.54) is 6.92 Å². The Morgan fingerprint density at radius 2 is 1.53 bits per heavy atom. The van der Waals surface area contributed by atoms with Crippen LogP contribution in [0.4, 0.5) is 9.59 Å². The van der Waals surface area contributed by atoms with Crippen LogP contribution < -0.4 is 5.32 Å². The number of benzene rings is 2. The minimum absolute atomic E-state index is 0.200. The zero-order chi connectivity index (χ0) is 26.7. The summed E-state index contributed by atoms with van der Waals surface area (Å²) in [4.78, 5) is 40.6. The number of cyclic esters (lactones) is 1. The highest BCUT2D eigenvalue weighted by molar-refractivity contribution is 5.96. The van der Waals surface area contributed by atoms with E-state index < -0.39 is 47.4 Å². The Morgan fingerprint density at radius 1 is 1.03 bits per heavy atom. The highest BCUT2D eigenvalue weighted by atomic mass is 16.6. The summed E-state index contributed by atoms with van der Waals surface area (Å²) >= 11 is 0. The smallest absolute Gasteiger partial charge is 0.418 e. The predicted octanol–water partition coefficient (Wildman–Crippen LogP) is 4.46. The lowest BCUT2D eigenvalue weighted by atomic mass is 9.75. The van der Waals surface area contributed by atoms with Gasteiger partial charge in [0.1, 0.15) is 5.60 Å². The van der Waals surface area contributed by atoms with E-state index >= 15 is 0 Å². The second-order valence-electron chi connectivity index (χ2n) is 10.5. The van der Waals surface area contributed by atoms with Crippen molar-refractivity contribution in [3.63, 3.8) is 0 Å². The fraction of sp³-hybridized carbons (Fsp3) is 0.464. The first-order chi connectivity index (χ1) is 16.9. The first-order valence-corrected chi connectivity index (χ1v) is 12.2. The lowest BCUT2D eigenvalue weighted by Crippen LogP contribution is -2.54. The van der Waals surface area contributed by atoms with Gasteiger partial charge in [-0.05, 0) is 33.6 Å². The van der Waals surface area contributed by atoms with E-state index in [1.54, 1.807) is 20.8 Å². The van der Waals surface area contributed by atoms with Crippen molar-refractivity contribution >= 4 is 18.1 Å². The number of imide groups is 1. The van der Waals surface area contributed by atoms with Gasteiger partial charge in [-0.3, -0.25) is 4.79 Å². The van der Waals surface area contributed by atoms with Gasteiger partial charge in [-0.15, -0.1) is 0 Å². The molecule has 1 aliphatic rings. The Morgan fingerprint density at radius 3 is 1.94 bits per heavy atom. The largest absolute Gasteiger partial charge is 0.444 e. The molecule has 1 saturated heterocycles. The molecule has 1 heterocycles. The lowest BCUT2D eigenvalue weighted by Gasteiger charge is -2.38. The van der Waals surface area contributed by atoms with Gasteiger partial charge in [0.15, 0.2) is 5.60 Å². The van der Waals surface area contributed by atoms with Crippen LogP contribution in [0.1, 0.15) is 52.7 Å². The lowest BCUT2D eigenvalue weighted by molar-refractivity contribution is -0.137. The van der Waals surface area contributed by atoms with Gasteiger partial charge in [0.2, 0.25) is 5.91 Å². The van der Waals surface area contributed by atoms with Gasteiger partial charge in [0.05, 0.1) is 18.1 Å². The summed E-state index contributed by atoms with van der Waals surface area (Å²) in [6.45, 7) is 10.3. The molecule has 0 spiro atoms. The first-order valence-electron chi connectivity index (χ1n) is 12.2. The minimum atomic E-state index is -1.24. The number of aliphatic hydroxyl groups is 1. The van der Waals surface area contributed by atoms with Crippen LogP contribution >= 0.6 is 0 Å². The number of nitrogens with one attached hydrogen (secondary N) is 1. The van der Waals surface area contributed by atoms with E-state index in [0.717, 1.165) is 16.0 Å². The van der Waals surface area contributed by atoms with Gasteiger partial charge in [0.25, 0.3) is 0 Å². The molecule has 2 aromatic carbocycles. The molecule has 194 valence electrons. The number of rotatable bonds is 7. The summed E-state index contributed by atoms with van der Waals surface area (Å²) < 4.78 is 11.4. The van der Waals surface area contributed by atoms with E-state index in [9.17, 15) is 19.5 Å². The third-order valence-corrected chi connectivity index (χ3v) is 6.18. The van der Waals surface area contributed by atoms with Crippen LogP contribution in [0.25, 0.3) is 0 Å². The summed E-state index contributed by atoms with van der Waals surface area (Å²) in [6.07, 6.45) is -2.65. The molecule has 0 bridgehead atoms. The number of ether oxygens (including phenoxy) is 2. The average Bonchev–Trinajstić information content (AvgIpc) is 3.13. The molecule has 0 radical (unpaired) electrons. The van der Waals surface area contributed by atoms with Crippen molar-refractivity contribution in [2.75, 3.05) is 6.54 Å². The fourth-order valence-corrected chi connectivity index (χ4v) is 4.69. The quantitative estimate of drug-likeness (QED) is 0.587. The van der Waals surface area contributed by atoms with Gasteiger partial charge >= 0.3 is 12.2 Å². The number of nitrogens with zero attached hydrogens (tertiary/aromatic N) is 1. The van der Waals surface area contributed by atoms with Crippen LogP contribution in [0.2, 0.25) is 0 Å². The van der Waals surface area contributed by atoms with Crippen molar-refractivity contribution in [2.45, 2.75) is 64.9 Å². The van der Waals surface area contributed by atoms with Crippen molar-refractivity contribution < 1.29 is 29.0 Å². The summed E-state index contributed by atoms with van der Waals surface area (Å²) in [5.41, 5.74) is -0.496. The van der Waals surface area contributed by atoms with E-state index in [0.29, 0.717) is 0 Å². The van der Waals surface area contributed by atoms with Crippen molar-refractivity contribution in [2.24, 2.45) is 11.8 Å². The van der Waals surface area contributed by atoms with Crippen molar-refractivity contribution in [3.8, 4) is 0 Å². The zero-order valence-electron chi connectivity index (χ0n) is 21.7. The molecule has 1 fully saturated rings. The molecule has 0 aromatic heterocycles. The van der Waals surface area contributed by atoms with E-state index in [-0.39, 0.29) is 12.5 Å². The van der Waals surface area contributed by atoms with Crippen LogP contribution in [0.3, 0.4) is 0 Å². The van der Waals surface area contributed by atoms with Gasteiger partial charge in [-0.1, -0.05) is 74.5 Å². The maximum absolute atomic E-state index is 13.8. The Hall–Kier alpha value is -3.39.